The molecule has 2 aromatic carbocycles. The zero-order valence-corrected chi connectivity index (χ0v) is 13.7. The van der Waals surface area contributed by atoms with Gasteiger partial charge in [-0.2, -0.15) is 13.2 Å². The molecule has 0 bridgehead atoms. The van der Waals surface area contributed by atoms with Gasteiger partial charge in [0.25, 0.3) is 0 Å². The number of carbonyl (C=O) groups excluding carboxylic acids is 1. The number of anilines is 2. The standard InChI is InChI=1S/C16H12F3N3O2S/c1-24-11-3-2-4-12-13(11)21-15(25-12)22-14(23)20-10-7-5-9(6-8-10)16(17,18)19/h2-8H,1H3,(H2,20,21,22,23). The Kier molecular flexibility index (Phi) is 4.49. The summed E-state index contributed by atoms with van der Waals surface area (Å²) in [6.07, 6.45) is -4.42. The van der Waals surface area contributed by atoms with Crippen LogP contribution in [0.4, 0.5) is 28.8 Å². The summed E-state index contributed by atoms with van der Waals surface area (Å²) in [7, 11) is 1.53. The van der Waals surface area contributed by atoms with Crippen molar-refractivity contribution in [3.8, 4) is 5.75 Å². The maximum atomic E-state index is 12.5. The van der Waals surface area contributed by atoms with Gasteiger partial charge in [-0.05, 0) is 36.4 Å². The molecule has 0 aliphatic rings. The number of hydrogen-bond donors (Lipinski definition) is 2. The van der Waals surface area contributed by atoms with Gasteiger partial charge >= 0.3 is 12.2 Å². The highest BCUT2D eigenvalue weighted by Crippen LogP contribution is 2.32. The highest BCUT2D eigenvalue weighted by molar-refractivity contribution is 7.22. The van der Waals surface area contributed by atoms with E-state index >= 15 is 0 Å². The van der Waals surface area contributed by atoms with Gasteiger partial charge < -0.3 is 10.1 Å². The van der Waals surface area contributed by atoms with E-state index in [1.165, 1.54) is 30.6 Å². The number of benzene rings is 2. The number of methoxy groups -OCH3 is 1. The van der Waals surface area contributed by atoms with Crippen LogP contribution in [0.25, 0.3) is 10.2 Å². The van der Waals surface area contributed by atoms with Crippen LogP contribution in [0.2, 0.25) is 0 Å². The Hall–Kier alpha value is -2.81. The monoisotopic (exact) mass is 367 g/mol. The zero-order chi connectivity index (χ0) is 18.0. The maximum Gasteiger partial charge on any atom is 0.416 e. The topological polar surface area (TPSA) is 63.2 Å². The van der Waals surface area contributed by atoms with E-state index < -0.39 is 17.8 Å². The molecule has 3 rings (SSSR count). The summed E-state index contributed by atoms with van der Waals surface area (Å²) in [4.78, 5) is 16.3. The second-order valence-electron chi connectivity index (χ2n) is 4.98. The second kappa shape index (κ2) is 6.60. The number of nitrogens with one attached hydrogen (secondary N) is 2. The normalized spacial score (nSPS) is 11.4. The Morgan fingerprint density at radius 3 is 2.48 bits per heavy atom. The Morgan fingerprint density at radius 1 is 1.12 bits per heavy atom. The quantitative estimate of drug-likeness (QED) is 0.687. The van der Waals surface area contributed by atoms with Gasteiger partial charge in [0.1, 0.15) is 11.3 Å². The number of urea groups is 1. The van der Waals surface area contributed by atoms with Crippen molar-refractivity contribution in [1.82, 2.24) is 4.98 Å². The van der Waals surface area contributed by atoms with Gasteiger partial charge in [-0.3, -0.25) is 5.32 Å². The van der Waals surface area contributed by atoms with Crippen LogP contribution >= 0.6 is 11.3 Å². The first kappa shape index (κ1) is 17.0. The van der Waals surface area contributed by atoms with E-state index in [4.69, 9.17) is 4.74 Å². The Bertz CT molecular complexity index is 907. The van der Waals surface area contributed by atoms with Crippen LogP contribution in [0.15, 0.2) is 42.5 Å². The minimum absolute atomic E-state index is 0.240. The van der Waals surface area contributed by atoms with Gasteiger partial charge in [0.15, 0.2) is 5.13 Å². The number of alkyl halides is 3. The van der Waals surface area contributed by atoms with Crippen LogP contribution in [0.5, 0.6) is 5.75 Å². The van der Waals surface area contributed by atoms with E-state index in [0.29, 0.717) is 16.4 Å². The largest absolute Gasteiger partial charge is 0.494 e. The number of para-hydroxylation sites is 1. The van der Waals surface area contributed by atoms with E-state index in [2.05, 4.69) is 15.6 Å². The molecule has 0 aliphatic carbocycles. The van der Waals surface area contributed by atoms with Crippen molar-refractivity contribution in [2.45, 2.75) is 6.18 Å². The molecule has 5 nitrogen and oxygen atoms in total. The lowest BCUT2D eigenvalue weighted by Gasteiger charge is -2.08. The van der Waals surface area contributed by atoms with Crippen molar-refractivity contribution in [3.63, 3.8) is 0 Å². The molecule has 1 aromatic heterocycles. The van der Waals surface area contributed by atoms with Crippen molar-refractivity contribution in [3.05, 3.63) is 48.0 Å². The summed E-state index contributed by atoms with van der Waals surface area (Å²) in [6, 6.07) is 8.98. The SMILES string of the molecule is COc1cccc2sc(NC(=O)Nc3ccc(C(F)(F)F)cc3)nc12. The molecule has 1 heterocycles. The van der Waals surface area contributed by atoms with Crippen molar-refractivity contribution >= 4 is 38.4 Å². The minimum atomic E-state index is -4.42. The third-order valence-corrected chi connectivity index (χ3v) is 4.23. The Morgan fingerprint density at radius 2 is 1.84 bits per heavy atom. The number of rotatable bonds is 3. The van der Waals surface area contributed by atoms with E-state index in [1.807, 2.05) is 12.1 Å². The first-order valence-corrected chi connectivity index (χ1v) is 7.87. The van der Waals surface area contributed by atoms with Gasteiger partial charge in [0.05, 0.1) is 17.4 Å². The number of aromatic nitrogens is 1. The van der Waals surface area contributed by atoms with Gasteiger partial charge in [-0.1, -0.05) is 17.4 Å². The molecule has 2 amide bonds. The van der Waals surface area contributed by atoms with Gasteiger partial charge in [0, 0.05) is 5.69 Å². The fourth-order valence-electron chi connectivity index (χ4n) is 2.14. The number of halogens is 3. The van der Waals surface area contributed by atoms with Crippen LogP contribution in [0, 0.1) is 0 Å². The summed E-state index contributed by atoms with van der Waals surface area (Å²) >= 11 is 1.26. The molecule has 0 unspecified atom stereocenters. The maximum absolute atomic E-state index is 12.5. The number of fused-ring (bicyclic) bond motifs is 1. The number of nitrogens with zero attached hydrogens (tertiary/aromatic N) is 1. The number of ether oxygens (including phenoxy) is 1. The lowest BCUT2D eigenvalue weighted by atomic mass is 10.2. The molecule has 2 N–H and O–H groups in total. The van der Waals surface area contributed by atoms with E-state index in [0.717, 1.165) is 16.8 Å². The summed E-state index contributed by atoms with van der Waals surface area (Å²) in [5.74, 6) is 0.588. The van der Waals surface area contributed by atoms with Crippen molar-refractivity contribution in [2.24, 2.45) is 0 Å². The summed E-state index contributed by atoms with van der Waals surface area (Å²) < 4.78 is 43.6. The first-order chi connectivity index (χ1) is 11.9. The number of amides is 2. The van der Waals surface area contributed by atoms with Crippen LogP contribution in [0.1, 0.15) is 5.56 Å². The van der Waals surface area contributed by atoms with Crippen LogP contribution in [-0.4, -0.2) is 18.1 Å². The summed E-state index contributed by atoms with van der Waals surface area (Å²) in [5, 5.41) is 5.37. The minimum Gasteiger partial charge on any atom is -0.494 e. The molecular formula is C16H12F3N3O2S. The third kappa shape index (κ3) is 3.82. The molecule has 0 saturated carbocycles. The average Bonchev–Trinajstić information content (AvgIpc) is 2.96. The molecule has 0 aliphatic heterocycles. The van der Waals surface area contributed by atoms with Gasteiger partial charge in [-0.25, -0.2) is 9.78 Å². The molecule has 3 aromatic rings. The van der Waals surface area contributed by atoms with Gasteiger partial charge in [0.2, 0.25) is 0 Å². The highest BCUT2D eigenvalue weighted by Gasteiger charge is 2.30. The molecule has 130 valence electrons. The van der Waals surface area contributed by atoms with Crippen LogP contribution in [-0.2, 0) is 6.18 Å². The molecule has 0 atom stereocenters. The zero-order valence-electron chi connectivity index (χ0n) is 12.8. The molecule has 9 heteroatoms. The summed E-state index contributed by atoms with van der Waals surface area (Å²) in [6.45, 7) is 0. The molecule has 25 heavy (non-hydrogen) atoms. The highest BCUT2D eigenvalue weighted by atomic mass is 32.1. The lowest BCUT2D eigenvalue weighted by molar-refractivity contribution is -0.137. The predicted molar refractivity (Wildman–Crippen MR) is 90.3 cm³/mol. The first-order valence-electron chi connectivity index (χ1n) is 7.05. The molecule has 0 spiro atoms. The molecule has 0 fully saturated rings. The third-order valence-electron chi connectivity index (χ3n) is 3.29. The summed E-state index contributed by atoms with van der Waals surface area (Å²) in [5.41, 5.74) is 0.0840. The number of hydrogen-bond acceptors (Lipinski definition) is 4. The molecule has 0 radical (unpaired) electrons. The van der Waals surface area contributed by atoms with Crippen molar-refractivity contribution in [1.29, 1.82) is 0 Å². The Balaban J connectivity index is 1.70. The van der Waals surface area contributed by atoms with Crippen molar-refractivity contribution in [2.75, 3.05) is 17.7 Å². The van der Waals surface area contributed by atoms with E-state index in [1.54, 1.807) is 6.07 Å². The van der Waals surface area contributed by atoms with Gasteiger partial charge in [-0.15, -0.1) is 0 Å². The smallest absolute Gasteiger partial charge is 0.416 e. The second-order valence-corrected chi connectivity index (χ2v) is 6.01. The van der Waals surface area contributed by atoms with Crippen molar-refractivity contribution < 1.29 is 22.7 Å². The fourth-order valence-corrected chi connectivity index (χ4v) is 3.02. The lowest BCUT2D eigenvalue weighted by Crippen LogP contribution is -2.19. The van der Waals surface area contributed by atoms with Crippen LogP contribution in [0.3, 0.4) is 0 Å². The predicted octanol–water partition coefficient (Wildman–Crippen LogP) is 4.97. The van der Waals surface area contributed by atoms with E-state index in [9.17, 15) is 18.0 Å². The number of thiazole rings is 1. The fraction of sp³-hybridized carbons (Fsp3) is 0.125. The van der Waals surface area contributed by atoms with E-state index in [-0.39, 0.29) is 5.69 Å². The van der Waals surface area contributed by atoms with Crippen LogP contribution < -0.4 is 15.4 Å². The number of carbonyl (C=O) groups is 1. The molecule has 0 saturated heterocycles. The Labute approximate surface area is 144 Å². The average molecular weight is 367 g/mol. The molecular weight excluding hydrogens is 355 g/mol.